The number of carbonyl (C=O) groups excluding carboxylic acids is 1. The lowest BCUT2D eigenvalue weighted by Gasteiger charge is -2.13. The molecule has 0 aliphatic carbocycles. The molecule has 0 saturated heterocycles. The van der Waals surface area contributed by atoms with E-state index in [0.29, 0.717) is 5.56 Å². The molecule has 4 rings (SSSR count). The van der Waals surface area contributed by atoms with E-state index in [2.05, 4.69) is 10.3 Å². The van der Waals surface area contributed by atoms with Crippen molar-refractivity contribution in [3.63, 3.8) is 0 Å². The number of hydrogen-bond acceptors (Lipinski definition) is 4. The van der Waals surface area contributed by atoms with E-state index in [1.807, 2.05) is 19.1 Å². The van der Waals surface area contributed by atoms with Gasteiger partial charge in [0.25, 0.3) is 5.91 Å². The van der Waals surface area contributed by atoms with Crippen LogP contribution in [0.3, 0.4) is 0 Å². The fourth-order valence-electron chi connectivity index (χ4n) is 2.99. The Kier molecular flexibility index (Phi) is 4.82. The van der Waals surface area contributed by atoms with Crippen molar-refractivity contribution < 1.29 is 17.4 Å². The lowest BCUT2D eigenvalue weighted by atomic mass is 10.1. The minimum Gasteiger partial charge on any atom is -0.377 e. The summed E-state index contributed by atoms with van der Waals surface area (Å²) in [5.41, 5.74) is 2.51. The molecule has 4 aromatic rings. The summed E-state index contributed by atoms with van der Waals surface area (Å²) in [5, 5.41) is 3.52. The molecule has 2 N–H and O–H groups in total. The van der Waals surface area contributed by atoms with Crippen molar-refractivity contribution in [2.75, 3.05) is 5.32 Å². The number of carbonyl (C=O) groups is 1. The minimum atomic E-state index is -4.04. The number of aromatic nitrogens is 1. The molecule has 6 nitrogen and oxygen atoms in total. The number of nitrogens with one attached hydrogen (secondary N) is 2. The van der Waals surface area contributed by atoms with Crippen molar-refractivity contribution in [1.29, 1.82) is 0 Å². The molecule has 0 bridgehead atoms. The van der Waals surface area contributed by atoms with Gasteiger partial charge in [-0.1, -0.05) is 35.9 Å². The fraction of sp³-hybridized carbons (Fsp3) is 0.0455. The Morgan fingerprint density at radius 1 is 0.931 bits per heavy atom. The molecule has 0 unspecified atom stereocenters. The van der Waals surface area contributed by atoms with Crippen LogP contribution >= 0.6 is 0 Å². The third-order valence-corrected chi connectivity index (χ3v) is 5.73. The average molecular weight is 406 g/mol. The first kappa shape index (κ1) is 18.8. The van der Waals surface area contributed by atoms with Gasteiger partial charge in [-0.25, -0.2) is 0 Å². The third-order valence-electron chi connectivity index (χ3n) is 4.48. The van der Waals surface area contributed by atoms with Crippen LogP contribution in [0.2, 0.25) is 0 Å². The first-order chi connectivity index (χ1) is 13.9. The molecule has 1 amide bonds. The quantitative estimate of drug-likeness (QED) is 0.478. The second-order valence-electron chi connectivity index (χ2n) is 6.55. The average Bonchev–Trinajstić information content (AvgIpc) is 3.18. The summed E-state index contributed by atoms with van der Waals surface area (Å²) in [5.74, 6) is -0.318. The first-order valence-corrected chi connectivity index (χ1v) is 10.3. The normalized spacial score (nSPS) is 11.3. The highest BCUT2D eigenvalue weighted by Gasteiger charge is 2.20. The smallest absolute Gasteiger partial charge is 0.339 e. The van der Waals surface area contributed by atoms with Gasteiger partial charge in [0.2, 0.25) is 0 Å². The summed E-state index contributed by atoms with van der Waals surface area (Å²) < 4.78 is 30.6. The van der Waals surface area contributed by atoms with Crippen LogP contribution in [-0.2, 0) is 10.1 Å². The highest BCUT2D eigenvalue weighted by Crippen LogP contribution is 2.28. The maximum absolute atomic E-state index is 12.8. The van der Waals surface area contributed by atoms with Crippen molar-refractivity contribution in [3.05, 3.63) is 90.1 Å². The molecular weight excluding hydrogens is 388 g/mol. The van der Waals surface area contributed by atoms with Gasteiger partial charge in [0, 0.05) is 22.7 Å². The van der Waals surface area contributed by atoms with Gasteiger partial charge in [-0.05, 0) is 49.4 Å². The van der Waals surface area contributed by atoms with E-state index in [0.717, 1.165) is 16.5 Å². The Morgan fingerprint density at radius 2 is 1.69 bits per heavy atom. The van der Waals surface area contributed by atoms with Crippen LogP contribution in [0, 0.1) is 6.92 Å². The van der Waals surface area contributed by atoms with E-state index in [1.165, 1.54) is 18.2 Å². The van der Waals surface area contributed by atoms with Gasteiger partial charge in [0.05, 0.1) is 5.69 Å². The van der Waals surface area contributed by atoms with Gasteiger partial charge < -0.3 is 14.5 Å². The Morgan fingerprint density at radius 3 is 2.48 bits per heavy atom. The number of para-hydroxylation sites is 2. The molecule has 0 saturated carbocycles. The van der Waals surface area contributed by atoms with Gasteiger partial charge in [0.15, 0.2) is 5.75 Å². The zero-order valence-corrected chi connectivity index (χ0v) is 16.4. The molecule has 146 valence electrons. The number of aryl methyl sites for hydroxylation is 1. The predicted molar refractivity (Wildman–Crippen MR) is 112 cm³/mol. The number of benzene rings is 3. The monoisotopic (exact) mass is 406 g/mol. The van der Waals surface area contributed by atoms with E-state index >= 15 is 0 Å². The Balaban J connectivity index is 1.62. The summed E-state index contributed by atoms with van der Waals surface area (Å²) in [6.07, 6.45) is 1.76. The largest absolute Gasteiger partial charge is 0.377 e. The van der Waals surface area contributed by atoms with Crippen molar-refractivity contribution in [2.45, 2.75) is 11.8 Å². The fourth-order valence-corrected chi connectivity index (χ4v) is 3.93. The lowest BCUT2D eigenvalue weighted by Crippen LogP contribution is -2.15. The Labute approximate surface area is 168 Å². The predicted octanol–water partition coefficient (Wildman–Crippen LogP) is 4.50. The summed E-state index contributed by atoms with van der Waals surface area (Å²) in [6, 6.07) is 20.0. The first-order valence-electron chi connectivity index (χ1n) is 8.92. The summed E-state index contributed by atoms with van der Waals surface area (Å²) in [7, 11) is -4.04. The standard InChI is InChI=1S/C22H18N2O4S/c1-15-9-11-16(12-10-15)29(26,27)28-21-8-3-2-6-20(21)24-22(25)18-5-4-7-19-17(18)13-14-23-19/h2-14,23H,1H3,(H,24,25). The number of amides is 1. The van der Waals surface area contributed by atoms with Gasteiger partial charge in [-0.15, -0.1) is 0 Å². The zero-order valence-electron chi connectivity index (χ0n) is 15.5. The Hall–Kier alpha value is -3.58. The number of H-pyrrole nitrogens is 1. The van der Waals surface area contributed by atoms with Crippen LogP contribution in [0.25, 0.3) is 10.9 Å². The number of hydrogen-bond donors (Lipinski definition) is 2. The van der Waals surface area contributed by atoms with Crippen LogP contribution in [0.15, 0.2) is 83.9 Å². The van der Waals surface area contributed by atoms with E-state index < -0.39 is 10.1 Å². The maximum atomic E-state index is 12.8. The molecule has 1 aromatic heterocycles. The van der Waals surface area contributed by atoms with Crippen LogP contribution in [-0.4, -0.2) is 19.3 Å². The minimum absolute atomic E-state index is 0.0429. The number of anilines is 1. The highest BCUT2D eigenvalue weighted by atomic mass is 32.2. The molecular formula is C22H18N2O4S. The van der Waals surface area contributed by atoms with Crippen molar-refractivity contribution in [3.8, 4) is 5.75 Å². The maximum Gasteiger partial charge on any atom is 0.339 e. The van der Waals surface area contributed by atoms with Crippen LogP contribution in [0.4, 0.5) is 5.69 Å². The van der Waals surface area contributed by atoms with E-state index in [4.69, 9.17) is 4.18 Å². The van der Waals surface area contributed by atoms with Crippen molar-refractivity contribution >= 4 is 32.6 Å². The van der Waals surface area contributed by atoms with Gasteiger partial charge >= 0.3 is 10.1 Å². The highest BCUT2D eigenvalue weighted by molar-refractivity contribution is 7.87. The molecule has 0 aliphatic heterocycles. The topological polar surface area (TPSA) is 88.3 Å². The third kappa shape index (κ3) is 3.86. The number of aromatic amines is 1. The summed E-state index contributed by atoms with van der Waals surface area (Å²) in [6.45, 7) is 1.87. The summed E-state index contributed by atoms with van der Waals surface area (Å²) in [4.78, 5) is 15.9. The second kappa shape index (κ2) is 7.44. The molecule has 0 spiro atoms. The number of rotatable bonds is 5. The van der Waals surface area contributed by atoms with Crippen LogP contribution in [0.5, 0.6) is 5.75 Å². The molecule has 3 aromatic carbocycles. The van der Waals surface area contributed by atoms with E-state index in [9.17, 15) is 13.2 Å². The van der Waals surface area contributed by atoms with Crippen molar-refractivity contribution in [1.82, 2.24) is 4.98 Å². The van der Waals surface area contributed by atoms with Crippen molar-refractivity contribution in [2.24, 2.45) is 0 Å². The molecule has 0 fully saturated rings. The summed E-state index contributed by atoms with van der Waals surface area (Å²) >= 11 is 0. The molecule has 7 heteroatoms. The van der Waals surface area contributed by atoms with Crippen LogP contribution in [0.1, 0.15) is 15.9 Å². The number of fused-ring (bicyclic) bond motifs is 1. The lowest BCUT2D eigenvalue weighted by molar-refractivity contribution is 0.102. The van der Waals surface area contributed by atoms with Gasteiger partial charge in [0.1, 0.15) is 4.90 Å². The van der Waals surface area contributed by atoms with Gasteiger partial charge in [-0.2, -0.15) is 8.42 Å². The molecule has 0 atom stereocenters. The molecule has 29 heavy (non-hydrogen) atoms. The molecule has 1 heterocycles. The molecule has 0 radical (unpaired) electrons. The van der Waals surface area contributed by atoms with Crippen LogP contribution < -0.4 is 9.50 Å². The molecule has 0 aliphatic rings. The SMILES string of the molecule is Cc1ccc(S(=O)(=O)Oc2ccccc2NC(=O)c2cccc3[nH]ccc23)cc1. The Bertz CT molecular complexity index is 1290. The zero-order chi connectivity index (χ0) is 20.4. The van der Waals surface area contributed by atoms with Gasteiger partial charge in [-0.3, -0.25) is 4.79 Å². The van der Waals surface area contributed by atoms with E-state index in [1.54, 1.807) is 48.7 Å². The second-order valence-corrected chi connectivity index (χ2v) is 8.09. The van der Waals surface area contributed by atoms with E-state index in [-0.39, 0.29) is 22.2 Å².